The number of alkyl halides is 3. The number of hydrogen-bond donors (Lipinski definition) is 0. The molecular weight excluding hydrogens is 274 g/mol. The molecule has 2 rings (SSSR count). The third kappa shape index (κ3) is 3.06. The lowest BCUT2D eigenvalue weighted by Crippen LogP contribution is -2.07. The monoisotopic (exact) mass is 281 g/mol. The summed E-state index contributed by atoms with van der Waals surface area (Å²) < 4.78 is 55.8. The molecule has 0 radical (unpaired) electrons. The van der Waals surface area contributed by atoms with Gasteiger partial charge in [0, 0.05) is 0 Å². The van der Waals surface area contributed by atoms with Crippen molar-refractivity contribution < 1.29 is 22.3 Å². The normalized spacial score (nSPS) is 10.9. The molecule has 0 saturated heterocycles. The quantitative estimate of drug-likeness (QED) is 0.759. The van der Waals surface area contributed by atoms with E-state index < -0.39 is 23.1 Å². The molecule has 0 aromatic heterocycles. The molecule has 2 aromatic carbocycles. The molecule has 0 unspecified atom stereocenters. The van der Waals surface area contributed by atoms with E-state index in [1.165, 1.54) is 18.2 Å². The van der Waals surface area contributed by atoms with Crippen molar-refractivity contribution in [2.24, 2.45) is 0 Å². The zero-order chi connectivity index (χ0) is 14.8. The average Bonchev–Trinajstić information content (AvgIpc) is 2.40. The number of benzene rings is 2. The van der Waals surface area contributed by atoms with Gasteiger partial charge in [-0.3, -0.25) is 0 Å². The minimum absolute atomic E-state index is 0.0705. The summed E-state index contributed by atoms with van der Waals surface area (Å²) in [6.45, 7) is 0. The van der Waals surface area contributed by atoms with Crippen molar-refractivity contribution in [1.29, 1.82) is 5.26 Å². The molecule has 0 aliphatic rings. The molecule has 0 N–H and O–H groups in total. The van der Waals surface area contributed by atoms with E-state index in [9.17, 15) is 17.6 Å². The van der Waals surface area contributed by atoms with Crippen molar-refractivity contribution in [3.63, 3.8) is 0 Å². The van der Waals surface area contributed by atoms with Gasteiger partial charge in [0.25, 0.3) is 0 Å². The maximum absolute atomic E-state index is 12.7. The van der Waals surface area contributed by atoms with Gasteiger partial charge in [-0.2, -0.15) is 18.4 Å². The summed E-state index contributed by atoms with van der Waals surface area (Å²) in [6.07, 6.45) is -4.60. The molecule has 0 saturated carbocycles. The van der Waals surface area contributed by atoms with Gasteiger partial charge in [-0.05, 0) is 42.5 Å². The molecule has 0 atom stereocenters. The molecular formula is C14H7F4NO. The van der Waals surface area contributed by atoms with Crippen LogP contribution in [0.5, 0.6) is 11.5 Å². The van der Waals surface area contributed by atoms with E-state index in [2.05, 4.69) is 0 Å². The van der Waals surface area contributed by atoms with Crippen LogP contribution in [0, 0.1) is 17.1 Å². The van der Waals surface area contributed by atoms with Gasteiger partial charge in [-0.15, -0.1) is 0 Å². The topological polar surface area (TPSA) is 33.0 Å². The van der Waals surface area contributed by atoms with Crippen molar-refractivity contribution >= 4 is 0 Å². The second-order valence-corrected chi connectivity index (χ2v) is 3.87. The van der Waals surface area contributed by atoms with E-state index in [4.69, 9.17) is 10.00 Å². The minimum Gasteiger partial charge on any atom is -0.457 e. The maximum atomic E-state index is 12.7. The van der Waals surface area contributed by atoms with Crippen molar-refractivity contribution in [3.05, 3.63) is 59.4 Å². The van der Waals surface area contributed by atoms with E-state index in [0.29, 0.717) is 0 Å². The first kappa shape index (κ1) is 13.9. The van der Waals surface area contributed by atoms with Crippen molar-refractivity contribution in [1.82, 2.24) is 0 Å². The van der Waals surface area contributed by atoms with Gasteiger partial charge in [0.15, 0.2) is 0 Å². The second kappa shape index (κ2) is 5.21. The molecule has 0 heterocycles. The van der Waals surface area contributed by atoms with Crippen molar-refractivity contribution in [3.8, 4) is 17.6 Å². The summed E-state index contributed by atoms with van der Waals surface area (Å²) in [6, 6.07) is 9.33. The van der Waals surface area contributed by atoms with Crippen molar-refractivity contribution in [2.45, 2.75) is 6.18 Å². The lowest BCUT2D eigenvalue weighted by molar-refractivity contribution is -0.137. The van der Waals surface area contributed by atoms with E-state index in [-0.39, 0.29) is 11.5 Å². The molecule has 0 fully saturated rings. The summed E-state index contributed by atoms with van der Waals surface area (Å²) in [5, 5.41) is 8.75. The Kier molecular flexibility index (Phi) is 3.61. The predicted molar refractivity (Wildman–Crippen MR) is 62.6 cm³/mol. The molecule has 102 valence electrons. The number of ether oxygens (including phenoxy) is 1. The number of halogens is 4. The summed E-state index contributed by atoms with van der Waals surface area (Å²) >= 11 is 0. The average molecular weight is 281 g/mol. The Morgan fingerprint density at radius 3 is 2.10 bits per heavy atom. The van der Waals surface area contributed by atoms with Gasteiger partial charge < -0.3 is 4.74 Å². The number of nitriles is 1. The first-order chi connectivity index (χ1) is 9.40. The Morgan fingerprint density at radius 1 is 0.950 bits per heavy atom. The van der Waals surface area contributed by atoms with Crippen LogP contribution in [-0.4, -0.2) is 0 Å². The standard InChI is InChI=1S/C14H7F4NO/c15-10-1-3-11(4-2-10)20-12-5-6-13(14(16,17)18)9(7-12)8-19/h1-7H. The van der Waals surface area contributed by atoms with Gasteiger partial charge in [0.05, 0.1) is 17.2 Å². The largest absolute Gasteiger partial charge is 0.457 e. The van der Waals surface area contributed by atoms with Gasteiger partial charge in [-0.1, -0.05) is 0 Å². The number of nitrogens with zero attached hydrogens (tertiary/aromatic N) is 1. The fourth-order valence-corrected chi connectivity index (χ4v) is 1.57. The first-order valence-electron chi connectivity index (χ1n) is 5.45. The molecule has 0 bridgehead atoms. The highest BCUT2D eigenvalue weighted by molar-refractivity contribution is 5.45. The van der Waals surface area contributed by atoms with Crippen LogP contribution >= 0.6 is 0 Å². The van der Waals surface area contributed by atoms with Crippen LogP contribution in [0.3, 0.4) is 0 Å². The third-order valence-electron chi connectivity index (χ3n) is 2.47. The van der Waals surface area contributed by atoms with Gasteiger partial charge in [0.2, 0.25) is 0 Å². The van der Waals surface area contributed by atoms with Crippen LogP contribution in [-0.2, 0) is 6.18 Å². The zero-order valence-electron chi connectivity index (χ0n) is 9.91. The lowest BCUT2D eigenvalue weighted by atomic mass is 10.1. The van der Waals surface area contributed by atoms with Crippen LogP contribution in [0.15, 0.2) is 42.5 Å². The molecule has 2 aromatic rings. The van der Waals surface area contributed by atoms with E-state index in [0.717, 1.165) is 30.3 Å². The lowest BCUT2D eigenvalue weighted by Gasteiger charge is -2.11. The Morgan fingerprint density at radius 2 is 1.55 bits per heavy atom. The summed E-state index contributed by atoms with van der Waals surface area (Å²) in [4.78, 5) is 0. The van der Waals surface area contributed by atoms with Crippen LogP contribution in [0.4, 0.5) is 17.6 Å². The first-order valence-corrected chi connectivity index (χ1v) is 5.45. The fraction of sp³-hybridized carbons (Fsp3) is 0.0714. The molecule has 6 heteroatoms. The molecule has 2 nitrogen and oxygen atoms in total. The Labute approximate surface area is 111 Å². The Hall–Kier alpha value is -2.55. The van der Waals surface area contributed by atoms with Gasteiger partial charge in [0.1, 0.15) is 17.3 Å². The van der Waals surface area contributed by atoms with Gasteiger partial charge in [-0.25, -0.2) is 4.39 Å². The summed E-state index contributed by atoms with van der Waals surface area (Å²) in [7, 11) is 0. The number of rotatable bonds is 2. The highest BCUT2D eigenvalue weighted by Crippen LogP contribution is 2.34. The number of hydrogen-bond acceptors (Lipinski definition) is 2. The Balaban J connectivity index is 2.31. The van der Waals surface area contributed by atoms with Crippen LogP contribution < -0.4 is 4.74 Å². The second-order valence-electron chi connectivity index (χ2n) is 3.87. The fourth-order valence-electron chi connectivity index (χ4n) is 1.57. The van der Waals surface area contributed by atoms with Crippen LogP contribution in [0.1, 0.15) is 11.1 Å². The molecule has 0 aliphatic heterocycles. The van der Waals surface area contributed by atoms with Crippen molar-refractivity contribution in [2.75, 3.05) is 0 Å². The third-order valence-corrected chi connectivity index (χ3v) is 2.47. The van der Waals surface area contributed by atoms with E-state index >= 15 is 0 Å². The highest BCUT2D eigenvalue weighted by atomic mass is 19.4. The zero-order valence-corrected chi connectivity index (χ0v) is 9.91. The van der Waals surface area contributed by atoms with Crippen LogP contribution in [0.2, 0.25) is 0 Å². The molecule has 20 heavy (non-hydrogen) atoms. The van der Waals surface area contributed by atoms with E-state index in [1.807, 2.05) is 0 Å². The van der Waals surface area contributed by atoms with Crippen LogP contribution in [0.25, 0.3) is 0 Å². The highest BCUT2D eigenvalue weighted by Gasteiger charge is 2.33. The predicted octanol–water partition coefficient (Wildman–Crippen LogP) is 4.51. The molecule has 0 spiro atoms. The molecule has 0 amide bonds. The van der Waals surface area contributed by atoms with E-state index in [1.54, 1.807) is 0 Å². The summed E-state index contributed by atoms with van der Waals surface area (Å²) in [5.74, 6) is -0.126. The maximum Gasteiger partial charge on any atom is 0.417 e. The smallest absolute Gasteiger partial charge is 0.417 e. The minimum atomic E-state index is -4.60. The van der Waals surface area contributed by atoms with Gasteiger partial charge >= 0.3 is 6.18 Å². The Bertz CT molecular complexity index is 656. The SMILES string of the molecule is N#Cc1cc(Oc2ccc(F)cc2)ccc1C(F)(F)F. The summed E-state index contributed by atoms with van der Waals surface area (Å²) in [5.41, 5.74) is -1.55. The molecule has 0 aliphatic carbocycles.